The number of para-hydroxylation sites is 1. The third-order valence-corrected chi connectivity index (χ3v) is 3.19. The van der Waals surface area contributed by atoms with Crippen LogP contribution in [-0.4, -0.2) is 30.6 Å². The standard InChI is InChI=1S/C13H14N4O3/c1-2-20-12(19)13(15-16-14)8-9-17(11(13)18)10-6-4-3-5-7-10/h3-7H,2,8-9H2,1H3/t13-/m0/s1. The summed E-state index contributed by atoms with van der Waals surface area (Å²) in [5.41, 5.74) is 7.55. The van der Waals surface area contributed by atoms with E-state index in [9.17, 15) is 9.59 Å². The number of benzene rings is 1. The summed E-state index contributed by atoms with van der Waals surface area (Å²) in [6, 6.07) is 8.93. The molecule has 0 saturated carbocycles. The van der Waals surface area contributed by atoms with Crippen molar-refractivity contribution in [1.29, 1.82) is 0 Å². The minimum atomic E-state index is -1.78. The Morgan fingerprint density at radius 1 is 1.50 bits per heavy atom. The lowest BCUT2D eigenvalue weighted by molar-refractivity contribution is -0.152. The molecule has 1 saturated heterocycles. The first-order valence-corrected chi connectivity index (χ1v) is 6.26. The largest absolute Gasteiger partial charge is 0.465 e. The van der Waals surface area contributed by atoms with E-state index in [1.54, 1.807) is 31.2 Å². The number of amides is 1. The van der Waals surface area contributed by atoms with Crippen molar-refractivity contribution < 1.29 is 14.3 Å². The molecule has 1 aliphatic heterocycles. The highest BCUT2D eigenvalue weighted by molar-refractivity contribution is 6.16. The van der Waals surface area contributed by atoms with Crippen LogP contribution in [0.15, 0.2) is 35.4 Å². The van der Waals surface area contributed by atoms with Gasteiger partial charge >= 0.3 is 5.97 Å². The number of hydrogen-bond acceptors (Lipinski definition) is 4. The highest BCUT2D eigenvalue weighted by Gasteiger charge is 2.54. The van der Waals surface area contributed by atoms with Gasteiger partial charge in [-0.1, -0.05) is 23.3 Å². The molecule has 7 nitrogen and oxygen atoms in total. The van der Waals surface area contributed by atoms with E-state index in [0.717, 1.165) is 0 Å². The third-order valence-electron chi connectivity index (χ3n) is 3.19. The monoisotopic (exact) mass is 274 g/mol. The SMILES string of the molecule is CCOC(=O)[C@]1(N=[N+]=[N-])CCN(c2ccccc2)C1=O. The lowest BCUT2D eigenvalue weighted by atomic mass is 9.99. The summed E-state index contributed by atoms with van der Waals surface area (Å²) in [7, 11) is 0. The Balaban J connectivity index is 2.36. The predicted molar refractivity (Wildman–Crippen MR) is 71.9 cm³/mol. The van der Waals surface area contributed by atoms with E-state index in [0.29, 0.717) is 12.2 Å². The molecular weight excluding hydrogens is 260 g/mol. The molecule has 7 heteroatoms. The van der Waals surface area contributed by atoms with Gasteiger partial charge < -0.3 is 9.64 Å². The van der Waals surface area contributed by atoms with E-state index >= 15 is 0 Å². The lowest BCUT2D eigenvalue weighted by Gasteiger charge is -2.21. The zero-order chi connectivity index (χ0) is 14.6. The molecule has 0 unspecified atom stereocenters. The fraction of sp³-hybridized carbons (Fsp3) is 0.385. The number of carbonyl (C=O) groups excluding carboxylic acids is 2. The number of anilines is 1. The maximum atomic E-state index is 12.5. The smallest absolute Gasteiger partial charge is 0.327 e. The molecule has 1 fully saturated rings. The molecule has 20 heavy (non-hydrogen) atoms. The first-order valence-electron chi connectivity index (χ1n) is 6.26. The summed E-state index contributed by atoms with van der Waals surface area (Å²) in [6.07, 6.45) is 0.115. The molecule has 0 aliphatic carbocycles. The lowest BCUT2D eigenvalue weighted by Crippen LogP contribution is -2.46. The van der Waals surface area contributed by atoms with Crippen LogP contribution in [0.3, 0.4) is 0 Å². The zero-order valence-electron chi connectivity index (χ0n) is 11.0. The third kappa shape index (κ3) is 2.19. The summed E-state index contributed by atoms with van der Waals surface area (Å²) >= 11 is 0. The average molecular weight is 274 g/mol. The van der Waals surface area contributed by atoms with Gasteiger partial charge in [-0.05, 0) is 31.0 Å². The van der Waals surface area contributed by atoms with Gasteiger partial charge in [0.1, 0.15) is 0 Å². The Morgan fingerprint density at radius 3 is 2.80 bits per heavy atom. The number of azide groups is 1. The molecule has 1 atom stereocenters. The zero-order valence-corrected chi connectivity index (χ0v) is 11.0. The van der Waals surface area contributed by atoms with Crippen molar-refractivity contribution in [3.05, 3.63) is 40.8 Å². The number of carbonyl (C=O) groups is 2. The number of nitrogens with zero attached hydrogens (tertiary/aromatic N) is 4. The molecule has 0 aromatic heterocycles. The second-order valence-electron chi connectivity index (χ2n) is 4.31. The van der Waals surface area contributed by atoms with Gasteiger partial charge in [0.15, 0.2) is 0 Å². The van der Waals surface area contributed by atoms with Gasteiger partial charge in [-0.15, -0.1) is 0 Å². The minimum Gasteiger partial charge on any atom is -0.465 e. The molecule has 0 bridgehead atoms. The van der Waals surface area contributed by atoms with E-state index in [2.05, 4.69) is 10.0 Å². The minimum absolute atomic E-state index is 0.115. The van der Waals surface area contributed by atoms with Crippen LogP contribution in [0.1, 0.15) is 13.3 Å². The maximum absolute atomic E-state index is 12.5. The second-order valence-corrected chi connectivity index (χ2v) is 4.31. The van der Waals surface area contributed by atoms with E-state index in [-0.39, 0.29) is 13.0 Å². The molecule has 0 N–H and O–H groups in total. The van der Waals surface area contributed by atoms with E-state index in [4.69, 9.17) is 10.3 Å². The quantitative estimate of drug-likeness (QED) is 0.276. The summed E-state index contributed by atoms with van der Waals surface area (Å²) < 4.78 is 4.89. The number of rotatable bonds is 4. The highest BCUT2D eigenvalue weighted by atomic mass is 16.5. The number of ether oxygens (including phenoxy) is 1. The van der Waals surface area contributed by atoms with Crippen LogP contribution in [0, 0.1) is 0 Å². The van der Waals surface area contributed by atoms with Gasteiger partial charge in [-0.2, -0.15) is 0 Å². The first kappa shape index (κ1) is 13.9. The Morgan fingerprint density at radius 2 is 2.20 bits per heavy atom. The van der Waals surface area contributed by atoms with Gasteiger partial charge in [0.05, 0.1) is 6.61 Å². The van der Waals surface area contributed by atoms with Gasteiger partial charge in [0.2, 0.25) is 5.54 Å². The molecule has 1 aromatic rings. The van der Waals surface area contributed by atoms with Crippen LogP contribution >= 0.6 is 0 Å². The van der Waals surface area contributed by atoms with Gasteiger partial charge in [-0.3, -0.25) is 9.59 Å². The normalized spacial score (nSPS) is 21.4. The van der Waals surface area contributed by atoms with Crippen molar-refractivity contribution >= 4 is 17.6 Å². The van der Waals surface area contributed by atoms with Crippen LogP contribution in [0.4, 0.5) is 5.69 Å². The highest BCUT2D eigenvalue weighted by Crippen LogP contribution is 2.32. The average Bonchev–Trinajstić information content (AvgIpc) is 2.79. The van der Waals surface area contributed by atoms with Crippen LogP contribution in [0.25, 0.3) is 10.4 Å². The molecule has 1 heterocycles. The Labute approximate surface area is 115 Å². The molecule has 104 valence electrons. The van der Waals surface area contributed by atoms with Crippen molar-refractivity contribution in [2.24, 2.45) is 5.11 Å². The van der Waals surface area contributed by atoms with Crippen LogP contribution in [-0.2, 0) is 14.3 Å². The predicted octanol–water partition coefficient (Wildman–Crippen LogP) is 2.04. The summed E-state index contributed by atoms with van der Waals surface area (Å²) in [4.78, 5) is 28.6. The maximum Gasteiger partial charge on any atom is 0.327 e. The fourth-order valence-corrected chi connectivity index (χ4v) is 2.21. The summed E-state index contributed by atoms with van der Waals surface area (Å²) in [6.45, 7) is 2.07. The Bertz CT molecular complexity index is 568. The van der Waals surface area contributed by atoms with Crippen LogP contribution < -0.4 is 4.90 Å². The number of esters is 1. The van der Waals surface area contributed by atoms with Crippen LogP contribution in [0.5, 0.6) is 0 Å². The Hall–Kier alpha value is -2.53. The topological polar surface area (TPSA) is 95.4 Å². The molecule has 1 aliphatic rings. The fourth-order valence-electron chi connectivity index (χ4n) is 2.21. The molecule has 2 rings (SSSR count). The van der Waals surface area contributed by atoms with Crippen molar-refractivity contribution in [2.75, 3.05) is 18.1 Å². The summed E-state index contributed by atoms with van der Waals surface area (Å²) in [5.74, 6) is -1.33. The Kier molecular flexibility index (Phi) is 3.91. The van der Waals surface area contributed by atoms with Gasteiger partial charge in [-0.25, -0.2) is 0 Å². The van der Waals surface area contributed by atoms with Gasteiger partial charge in [0.25, 0.3) is 5.91 Å². The first-order chi connectivity index (χ1) is 9.65. The second kappa shape index (κ2) is 5.63. The van der Waals surface area contributed by atoms with E-state index in [1.165, 1.54) is 4.90 Å². The van der Waals surface area contributed by atoms with Crippen molar-refractivity contribution in [1.82, 2.24) is 0 Å². The van der Waals surface area contributed by atoms with E-state index < -0.39 is 17.4 Å². The van der Waals surface area contributed by atoms with Gasteiger partial charge in [0, 0.05) is 17.1 Å². The van der Waals surface area contributed by atoms with Crippen molar-refractivity contribution in [3.8, 4) is 0 Å². The number of hydrogen-bond donors (Lipinski definition) is 0. The summed E-state index contributed by atoms with van der Waals surface area (Å²) in [5, 5.41) is 3.45. The molecular formula is C13H14N4O3. The molecule has 0 spiro atoms. The molecule has 0 radical (unpaired) electrons. The molecule has 1 amide bonds. The van der Waals surface area contributed by atoms with Crippen molar-refractivity contribution in [3.63, 3.8) is 0 Å². The molecule has 1 aromatic carbocycles. The van der Waals surface area contributed by atoms with Crippen LogP contribution in [0.2, 0.25) is 0 Å². The van der Waals surface area contributed by atoms with E-state index in [1.807, 2.05) is 6.07 Å². The van der Waals surface area contributed by atoms with Crippen molar-refractivity contribution in [2.45, 2.75) is 18.9 Å².